The minimum absolute atomic E-state index is 0.0995. The third-order valence-corrected chi connectivity index (χ3v) is 4.21. The van der Waals surface area contributed by atoms with Crippen LogP contribution in [0.2, 0.25) is 0 Å². The van der Waals surface area contributed by atoms with E-state index in [1.54, 1.807) is 26.8 Å². The SMILES string of the molecule is CCOC(=O)OC1=C(C)NC(CC)=C(OC(=O)OCC)C1c1cccc([N+](=O)[O-])c1. The van der Waals surface area contributed by atoms with Crippen molar-refractivity contribution in [2.75, 3.05) is 13.2 Å². The number of carbonyl (C=O) groups is 2. The molecule has 1 unspecified atom stereocenters. The minimum Gasteiger partial charge on any atom is -0.434 e. The van der Waals surface area contributed by atoms with Gasteiger partial charge < -0.3 is 24.3 Å². The summed E-state index contributed by atoms with van der Waals surface area (Å²) < 4.78 is 20.6. The van der Waals surface area contributed by atoms with Gasteiger partial charge >= 0.3 is 12.3 Å². The third-order valence-electron chi connectivity index (χ3n) is 4.21. The van der Waals surface area contributed by atoms with Gasteiger partial charge in [-0.1, -0.05) is 19.1 Å². The molecule has 0 spiro atoms. The van der Waals surface area contributed by atoms with Crippen molar-refractivity contribution in [3.8, 4) is 0 Å². The lowest BCUT2D eigenvalue weighted by Gasteiger charge is -2.31. The average Bonchev–Trinajstić information content (AvgIpc) is 2.70. The zero-order valence-corrected chi connectivity index (χ0v) is 17.2. The topological polar surface area (TPSA) is 126 Å². The van der Waals surface area contributed by atoms with E-state index >= 15 is 0 Å². The summed E-state index contributed by atoms with van der Waals surface area (Å²) >= 11 is 0. The van der Waals surface area contributed by atoms with E-state index in [1.165, 1.54) is 18.2 Å². The molecule has 1 atom stereocenters. The second-order valence-corrected chi connectivity index (χ2v) is 6.17. The zero-order valence-electron chi connectivity index (χ0n) is 17.2. The lowest BCUT2D eigenvalue weighted by atomic mass is 9.89. The van der Waals surface area contributed by atoms with Gasteiger partial charge in [-0.15, -0.1) is 0 Å². The fraction of sp³-hybridized carbons (Fsp3) is 0.400. The van der Waals surface area contributed by atoms with Crippen molar-refractivity contribution in [3.05, 3.63) is 62.9 Å². The third kappa shape index (κ3) is 5.28. The quantitative estimate of drug-likeness (QED) is 0.386. The summed E-state index contributed by atoms with van der Waals surface area (Å²) in [5, 5.41) is 14.3. The van der Waals surface area contributed by atoms with Gasteiger partial charge in [-0.2, -0.15) is 0 Å². The molecule has 10 heteroatoms. The second-order valence-electron chi connectivity index (χ2n) is 6.17. The molecule has 0 aromatic heterocycles. The predicted molar refractivity (Wildman–Crippen MR) is 105 cm³/mol. The fourth-order valence-corrected chi connectivity index (χ4v) is 2.97. The molecular formula is C20H24N2O8. The molecule has 1 aliphatic heterocycles. The van der Waals surface area contributed by atoms with Crippen LogP contribution in [0.25, 0.3) is 0 Å². The lowest BCUT2D eigenvalue weighted by Crippen LogP contribution is -2.30. The summed E-state index contributed by atoms with van der Waals surface area (Å²) in [5.74, 6) is -0.679. The number of hydrogen-bond donors (Lipinski definition) is 1. The van der Waals surface area contributed by atoms with Crippen LogP contribution in [0.3, 0.4) is 0 Å². The molecule has 0 saturated heterocycles. The van der Waals surface area contributed by atoms with Crippen LogP contribution in [0.1, 0.15) is 45.6 Å². The van der Waals surface area contributed by atoms with E-state index in [0.717, 1.165) is 0 Å². The molecule has 162 valence electrons. The Morgan fingerprint density at radius 1 is 1.07 bits per heavy atom. The smallest absolute Gasteiger partial charge is 0.434 e. The lowest BCUT2D eigenvalue weighted by molar-refractivity contribution is -0.384. The molecule has 0 radical (unpaired) electrons. The van der Waals surface area contributed by atoms with E-state index in [4.69, 9.17) is 18.9 Å². The Hall–Kier alpha value is -3.56. The van der Waals surface area contributed by atoms with Crippen LogP contribution < -0.4 is 5.32 Å². The van der Waals surface area contributed by atoms with Crippen molar-refractivity contribution in [2.45, 2.75) is 40.0 Å². The van der Waals surface area contributed by atoms with Gasteiger partial charge in [0.1, 0.15) is 17.4 Å². The Bertz CT molecular complexity index is 891. The molecule has 1 aromatic carbocycles. The van der Waals surface area contributed by atoms with Crippen molar-refractivity contribution in [2.24, 2.45) is 0 Å². The van der Waals surface area contributed by atoms with Gasteiger partial charge in [0, 0.05) is 12.1 Å². The summed E-state index contributed by atoms with van der Waals surface area (Å²) in [7, 11) is 0. The molecular weight excluding hydrogens is 396 g/mol. The second kappa shape index (κ2) is 10.3. The number of ether oxygens (including phenoxy) is 4. The molecule has 0 amide bonds. The number of carbonyl (C=O) groups excluding carboxylic acids is 2. The normalized spacial score (nSPS) is 15.9. The Morgan fingerprint density at radius 3 is 2.20 bits per heavy atom. The highest BCUT2D eigenvalue weighted by Crippen LogP contribution is 2.41. The van der Waals surface area contributed by atoms with Crippen LogP contribution in [0.15, 0.2) is 47.2 Å². The van der Waals surface area contributed by atoms with Gasteiger partial charge in [-0.3, -0.25) is 10.1 Å². The van der Waals surface area contributed by atoms with Crippen LogP contribution in [-0.2, 0) is 18.9 Å². The highest BCUT2D eigenvalue weighted by molar-refractivity contribution is 5.65. The first-order chi connectivity index (χ1) is 14.3. The number of nitrogens with one attached hydrogen (secondary N) is 1. The van der Waals surface area contributed by atoms with Gasteiger partial charge in [0.25, 0.3) is 5.69 Å². The number of rotatable bonds is 7. The molecule has 1 aliphatic rings. The zero-order chi connectivity index (χ0) is 22.3. The van der Waals surface area contributed by atoms with Crippen molar-refractivity contribution < 1.29 is 33.5 Å². The molecule has 0 saturated carbocycles. The summed E-state index contributed by atoms with van der Waals surface area (Å²) in [4.78, 5) is 34.8. The number of nitrogens with zero attached hydrogens (tertiary/aromatic N) is 1. The number of benzene rings is 1. The van der Waals surface area contributed by atoms with Crippen molar-refractivity contribution in [3.63, 3.8) is 0 Å². The Balaban J connectivity index is 2.60. The number of hydrogen-bond acceptors (Lipinski definition) is 9. The molecule has 10 nitrogen and oxygen atoms in total. The van der Waals surface area contributed by atoms with Crippen molar-refractivity contribution in [1.29, 1.82) is 0 Å². The Kier molecular flexibility index (Phi) is 7.79. The summed E-state index contributed by atoms with van der Waals surface area (Å²) in [6.45, 7) is 6.98. The molecule has 0 fully saturated rings. The van der Waals surface area contributed by atoms with Crippen molar-refractivity contribution >= 4 is 18.0 Å². The number of nitro groups is 1. The minimum atomic E-state index is -0.945. The Labute approximate surface area is 173 Å². The first-order valence-corrected chi connectivity index (χ1v) is 9.46. The Morgan fingerprint density at radius 2 is 1.67 bits per heavy atom. The van der Waals surface area contributed by atoms with E-state index in [0.29, 0.717) is 23.4 Å². The standard InChI is InChI=1S/C20H24N2O8/c1-5-15-18(30-20(24)28-7-3)16(13-9-8-10-14(11-13)22(25)26)17(12(4)21-15)29-19(23)27-6-2/h8-11,16,21H,5-7H2,1-4H3. The molecule has 1 heterocycles. The first kappa shape index (κ1) is 22.7. The summed E-state index contributed by atoms with van der Waals surface area (Å²) in [5.41, 5.74) is 1.27. The van der Waals surface area contributed by atoms with Crippen LogP contribution in [0.4, 0.5) is 15.3 Å². The molecule has 0 bridgehead atoms. The van der Waals surface area contributed by atoms with Crippen LogP contribution >= 0.6 is 0 Å². The number of nitro benzene ring substituents is 1. The maximum absolute atomic E-state index is 12.1. The van der Waals surface area contributed by atoms with E-state index in [-0.39, 0.29) is 30.4 Å². The fourth-order valence-electron chi connectivity index (χ4n) is 2.97. The van der Waals surface area contributed by atoms with Gasteiger partial charge in [-0.25, -0.2) is 9.59 Å². The maximum atomic E-state index is 12.1. The molecule has 30 heavy (non-hydrogen) atoms. The molecule has 1 N–H and O–H groups in total. The maximum Gasteiger partial charge on any atom is 0.513 e. The molecule has 1 aromatic rings. The first-order valence-electron chi connectivity index (χ1n) is 9.46. The van der Waals surface area contributed by atoms with E-state index < -0.39 is 23.2 Å². The molecule has 2 rings (SSSR count). The predicted octanol–water partition coefficient (Wildman–Crippen LogP) is 4.48. The van der Waals surface area contributed by atoms with Gasteiger partial charge in [0.05, 0.1) is 29.5 Å². The van der Waals surface area contributed by atoms with Crippen molar-refractivity contribution in [1.82, 2.24) is 5.32 Å². The van der Waals surface area contributed by atoms with E-state index in [1.807, 2.05) is 6.92 Å². The van der Waals surface area contributed by atoms with Crippen LogP contribution in [-0.4, -0.2) is 30.4 Å². The van der Waals surface area contributed by atoms with Gasteiger partial charge in [0.15, 0.2) is 0 Å². The number of allylic oxidation sites excluding steroid dienone is 2. The number of dihydropyridines is 1. The van der Waals surface area contributed by atoms with Crippen LogP contribution in [0, 0.1) is 10.1 Å². The largest absolute Gasteiger partial charge is 0.513 e. The van der Waals surface area contributed by atoms with Gasteiger partial charge in [0.2, 0.25) is 0 Å². The van der Waals surface area contributed by atoms with E-state index in [2.05, 4.69) is 5.32 Å². The van der Waals surface area contributed by atoms with Gasteiger partial charge in [-0.05, 0) is 32.8 Å². The average molecular weight is 420 g/mol. The summed E-state index contributed by atoms with van der Waals surface area (Å²) in [6, 6.07) is 5.79. The summed E-state index contributed by atoms with van der Waals surface area (Å²) in [6.07, 6.45) is -1.44. The van der Waals surface area contributed by atoms with Crippen LogP contribution in [0.5, 0.6) is 0 Å². The highest BCUT2D eigenvalue weighted by atomic mass is 16.7. The molecule has 0 aliphatic carbocycles. The number of non-ortho nitro benzene ring substituents is 1. The van der Waals surface area contributed by atoms with E-state index in [9.17, 15) is 19.7 Å². The highest BCUT2D eigenvalue weighted by Gasteiger charge is 2.36. The monoisotopic (exact) mass is 420 g/mol.